The first-order chi connectivity index (χ1) is 14.8. The van der Waals surface area contributed by atoms with Crippen LogP contribution in [0.1, 0.15) is 42.5 Å². The predicted octanol–water partition coefficient (Wildman–Crippen LogP) is 3.93. The fraction of sp³-hybridized carbons (Fsp3) is 0.435. The number of ether oxygens (including phenoxy) is 1. The summed E-state index contributed by atoms with van der Waals surface area (Å²) < 4.78 is 22.7. The van der Waals surface area contributed by atoms with Crippen LogP contribution >= 0.6 is 0 Å². The number of benzene rings is 1. The van der Waals surface area contributed by atoms with Gasteiger partial charge in [0.15, 0.2) is 0 Å². The van der Waals surface area contributed by atoms with Crippen LogP contribution in [0.25, 0.3) is 10.9 Å². The van der Waals surface area contributed by atoms with Gasteiger partial charge >= 0.3 is 0 Å². The fourth-order valence-electron chi connectivity index (χ4n) is 4.10. The van der Waals surface area contributed by atoms with Gasteiger partial charge in [-0.1, -0.05) is 6.07 Å². The maximum absolute atomic E-state index is 12.1. The van der Waals surface area contributed by atoms with Gasteiger partial charge in [0.2, 0.25) is 5.88 Å². The van der Waals surface area contributed by atoms with Crippen molar-refractivity contribution in [2.24, 2.45) is 10.1 Å². The van der Waals surface area contributed by atoms with Crippen LogP contribution in [0.3, 0.4) is 0 Å². The van der Waals surface area contributed by atoms with Crippen molar-refractivity contribution in [2.45, 2.75) is 51.2 Å². The molecular weight excluding hydrogens is 410 g/mol. The highest BCUT2D eigenvalue weighted by Gasteiger charge is 2.21. The molecule has 2 N–H and O–H groups in total. The lowest BCUT2D eigenvalue weighted by Gasteiger charge is -2.27. The Balaban J connectivity index is 1.66. The summed E-state index contributed by atoms with van der Waals surface area (Å²) in [4.78, 5) is 13.5. The molecule has 2 aromatic heterocycles. The molecule has 8 heteroatoms. The number of aromatic nitrogens is 3. The number of rotatable bonds is 5. The Hall–Kier alpha value is -2.58. The molecule has 0 amide bonds. The fourth-order valence-corrected chi connectivity index (χ4v) is 4.72. The molecule has 2 heterocycles. The summed E-state index contributed by atoms with van der Waals surface area (Å²) in [6.45, 7) is 2.01. The number of hydrogen-bond acceptors (Lipinski definition) is 7. The summed E-state index contributed by atoms with van der Waals surface area (Å²) in [6, 6.07) is 8.04. The van der Waals surface area contributed by atoms with E-state index in [4.69, 9.17) is 10.5 Å². The van der Waals surface area contributed by atoms with Crippen molar-refractivity contribution in [3.63, 3.8) is 0 Å². The third kappa shape index (κ3) is 5.37. The first-order valence-corrected chi connectivity index (χ1v) is 12.9. The average Bonchev–Trinajstić information content (AvgIpc) is 2.70. The number of aryl methyl sites for hydroxylation is 1. The van der Waals surface area contributed by atoms with Crippen LogP contribution < -0.4 is 10.5 Å². The molecule has 0 spiro atoms. The highest BCUT2D eigenvalue weighted by Crippen LogP contribution is 2.30. The molecule has 1 fully saturated rings. The van der Waals surface area contributed by atoms with Gasteiger partial charge in [0.05, 0.1) is 16.9 Å². The summed E-state index contributed by atoms with van der Waals surface area (Å²) in [6.07, 6.45) is 11.2. The molecule has 31 heavy (non-hydrogen) atoms. The Bertz CT molecular complexity index is 1200. The van der Waals surface area contributed by atoms with E-state index < -0.39 is 9.73 Å². The molecule has 1 aliphatic rings. The maximum Gasteiger partial charge on any atom is 0.217 e. The van der Waals surface area contributed by atoms with Crippen molar-refractivity contribution in [1.82, 2.24) is 15.0 Å². The van der Waals surface area contributed by atoms with Crippen LogP contribution in [0.15, 0.2) is 41.2 Å². The lowest BCUT2D eigenvalue weighted by atomic mass is 9.94. The van der Waals surface area contributed by atoms with E-state index in [0.29, 0.717) is 18.0 Å². The molecule has 1 saturated carbocycles. The smallest absolute Gasteiger partial charge is 0.217 e. The van der Waals surface area contributed by atoms with Crippen molar-refractivity contribution in [1.29, 1.82) is 0 Å². The lowest BCUT2D eigenvalue weighted by molar-refractivity contribution is 0.140. The third-order valence-corrected chi connectivity index (χ3v) is 6.18. The van der Waals surface area contributed by atoms with E-state index in [1.165, 1.54) is 0 Å². The first-order valence-electron chi connectivity index (χ1n) is 10.6. The topological polar surface area (TPSA) is 103 Å². The van der Waals surface area contributed by atoms with Crippen LogP contribution in [-0.4, -0.2) is 43.8 Å². The summed E-state index contributed by atoms with van der Waals surface area (Å²) in [5.41, 5.74) is 10.4. The van der Waals surface area contributed by atoms with E-state index in [1.807, 2.05) is 31.2 Å². The standard InChI is InChI=1S/C23H29N5O2S/c1-15-11-18(28-31(2,3)29)13-21-22(15)20(26-14-27-21)12-16-5-4-10-25-23(16)30-19-8-6-17(24)7-9-19/h4-5,10-11,13-14,17,19H,6-9,12,24H2,1-3H3. The van der Waals surface area contributed by atoms with E-state index >= 15 is 0 Å². The molecule has 1 aromatic carbocycles. The molecule has 0 atom stereocenters. The van der Waals surface area contributed by atoms with Gasteiger partial charge in [0, 0.05) is 51.8 Å². The van der Waals surface area contributed by atoms with Gasteiger partial charge < -0.3 is 10.5 Å². The Kier molecular flexibility index (Phi) is 6.20. The number of pyridine rings is 1. The lowest BCUT2D eigenvalue weighted by Crippen LogP contribution is -2.32. The number of fused-ring (bicyclic) bond motifs is 1. The Morgan fingerprint density at radius 3 is 2.68 bits per heavy atom. The van der Waals surface area contributed by atoms with E-state index in [2.05, 4.69) is 19.3 Å². The van der Waals surface area contributed by atoms with Crippen LogP contribution in [0.5, 0.6) is 5.88 Å². The zero-order chi connectivity index (χ0) is 22.0. The van der Waals surface area contributed by atoms with Crippen molar-refractivity contribution in [3.8, 4) is 5.88 Å². The largest absolute Gasteiger partial charge is 0.474 e. The molecule has 0 unspecified atom stereocenters. The minimum absolute atomic E-state index is 0.152. The summed E-state index contributed by atoms with van der Waals surface area (Å²) in [5, 5.41) is 0.985. The van der Waals surface area contributed by atoms with Gasteiger partial charge in [-0.15, -0.1) is 0 Å². The van der Waals surface area contributed by atoms with Gasteiger partial charge in [0.25, 0.3) is 0 Å². The number of hydrogen-bond donors (Lipinski definition) is 1. The Morgan fingerprint density at radius 1 is 1.16 bits per heavy atom. The van der Waals surface area contributed by atoms with E-state index in [9.17, 15) is 4.21 Å². The minimum atomic E-state index is -2.25. The second-order valence-corrected chi connectivity index (χ2v) is 11.1. The minimum Gasteiger partial charge on any atom is -0.474 e. The van der Waals surface area contributed by atoms with Gasteiger partial charge in [0.1, 0.15) is 12.4 Å². The molecule has 7 nitrogen and oxygen atoms in total. The van der Waals surface area contributed by atoms with Crippen LogP contribution in [0.2, 0.25) is 0 Å². The van der Waals surface area contributed by atoms with Gasteiger partial charge in [-0.05, 0) is 56.4 Å². The van der Waals surface area contributed by atoms with Crippen LogP contribution in [0, 0.1) is 6.92 Å². The molecule has 0 aliphatic heterocycles. The molecule has 164 valence electrons. The maximum atomic E-state index is 12.1. The summed E-state index contributed by atoms with van der Waals surface area (Å²) in [7, 11) is -2.25. The number of nitrogens with zero attached hydrogens (tertiary/aromatic N) is 4. The highest BCUT2D eigenvalue weighted by atomic mass is 32.2. The second-order valence-electron chi connectivity index (χ2n) is 8.55. The zero-order valence-corrected chi connectivity index (χ0v) is 19.1. The van der Waals surface area contributed by atoms with E-state index in [-0.39, 0.29) is 12.1 Å². The molecule has 4 rings (SSSR count). The number of nitrogens with two attached hydrogens (primary N) is 1. The van der Waals surface area contributed by atoms with E-state index in [0.717, 1.165) is 53.4 Å². The Morgan fingerprint density at radius 2 is 1.94 bits per heavy atom. The van der Waals surface area contributed by atoms with Crippen LogP contribution in [-0.2, 0) is 16.1 Å². The predicted molar refractivity (Wildman–Crippen MR) is 124 cm³/mol. The Labute approximate surface area is 183 Å². The second kappa shape index (κ2) is 8.88. The van der Waals surface area contributed by atoms with Crippen molar-refractivity contribution < 1.29 is 8.95 Å². The molecule has 0 radical (unpaired) electrons. The third-order valence-electron chi connectivity index (χ3n) is 5.53. The average molecular weight is 440 g/mol. The van der Waals surface area contributed by atoms with Crippen molar-refractivity contribution >= 4 is 26.3 Å². The summed E-state index contributed by atoms with van der Waals surface area (Å²) in [5.74, 6) is 0.663. The molecular formula is C23H29N5O2S. The zero-order valence-electron chi connectivity index (χ0n) is 18.2. The molecule has 0 saturated heterocycles. The monoisotopic (exact) mass is 439 g/mol. The normalized spacial score (nSPS) is 19.4. The summed E-state index contributed by atoms with van der Waals surface area (Å²) >= 11 is 0. The van der Waals surface area contributed by atoms with Crippen molar-refractivity contribution in [2.75, 3.05) is 12.5 Å². The molecule has 3 aromatic rings. The quantitative estimate of drug-likeness (QED) is 0.646. The van der Waals surface area contributed by atoms with Crippen LogP contribution in [0.4, 0.5) is 5.69 Å². The van der Waals surface area contributed by atoms with Gasteiger partial charge in [-0.3, -0.25) is 0 Å². The highest BCUT2D eigenvalue weighted by molar-refractivity contribution is 7.92. The van der Waals surface area contributed by atoms with Crippen molar-refractivity contribution in [3.05, 3.63) is 53.6 Å². The van der Waals surface area contributed by atoms with Gasteiger partial charge in [-0.2, -0.15) is 4.36 Å². The van der Waals surface area contributed by atoms with E-state index in [1.54, 1.807) is 25.0 Å². The van der Waals surface area contributed by atoms with Gasteiger partial charge in [-0.25, -0.2) is 19.2 Å². The molecule has 1 aliphatic carbocycles. The SMILES string of the molecule is Cc1cc(N=S(C)(C)=O)cc2ncnc(Cc3cccnc3OC3CCC(N)CC3)c12. The first kappa shape index (κ1) is 21.6. The molecule has 0 bridgehead atoms.